The van der Waals surface area contributed by atoms with Crippen LogP contribution in [0.5, 0.6) is 5.75 Å². The number of anilines is 1. The molecule has 0 unspecified atom stereocenters. The van der Waals surface area contributed by atoms with Crippen molar-refractivity contribution in [1.82, 2.24) is 0 Å². The summed E-state index contributed by atoms with van der Waals surface area (Å²) in [6.07, 6.45) is 0.530. The summed E-state index contributed by atoms with van der Waals surface area (Å²) in [4.78, 5) is 33.5. The molecule has 2 rings (SSSR count). The van der Waals surface area contributed by atoms with Crippen molar-refractivity contribution in [3.8, 4) is 5.75 Å². The van der Waals surface area contributed by atoms with Gasteiger partial charge in [0.2, 0.25) is 0 Å². The van der Waals surface area contributed by atoms with E-state index in [4.69, 9.17) is 4.74 Å². The number of nitrogens with zero attached hydrogens (tertiary/aromatic N) is 1. The first-order valence-electron chi connectivity index (χ1n) is 7.22. The van der Waals surface area contributed by atoms with E-state index in [1.54, 1.807) is 12.1 Å². The van der Waals surface area contributed by atoms with Gasteiger partial charge >= 0.3 is 0 Å². The molecule has 1 N–H and O–H groups in total. The molecule has 1 amide bonds. The fourth-order valence-electron chi connectivity index (χ4n) is 2.03. The Morgan fingerprint density at radius 1 is 1.25 bits per heavy atom. The van der Waals surface area contributed by atoms with Crippen LogP contribution in [0.1, 0.15) is 34.6 Å². The summed E-state index contributed by atoms with van der Waals surface area (Å²) in [5.74, 6) is -0.121. The lowest BCUT2D eigenvalue weighted by Gasteiger charge is -2.15. The van der Waals surface area contributed by atoms with Crippen molar-refractivity contribution in [2.24, 2.45) is 0 Å². The van der Waals surface area contributed by atoms with Gasteiger partial charge in [-0.15, -0.1) is 0 Å². The molecule has 0 saturated heterocycles. The average Bonchev–Trinajstić information content (AvgIpc) is 2.56. The van der Waals surface area contributed by atoms with Gasteiger partial charge in [0.25, 0.3) is 11.6 Å². The Morgan fingerprint density at radius 3 is 2.62 bits per heavy atom. The Kier molecular flexibility index (Phi) is 5.26. The number of carbonyl (C=O) groups excluding carboxylic acids is 2. The van der Waals surface area contributed by atoms with Gasteiger partial charge in [0.05, 0.1) is 16.7 Å². The van der Waals surface area contributed by atoms with Crippen molar-refractivity contribution in [3.05, 3.63) is 63.7 Å². The van der Waals surface area contributed by atoms with E-state index in [-0.39, 0.29) is 17.4 Å². The van der Waals surface area contributed by atoms with Crippen molar-refractivity contribution < 1.29 is 19.2 Å². The number of amides is 1. The second kappa shape index (κ2) is 7.36. The highest BCUT2D eigenvalue weighted by Gasteiger charge is 2.14. The summed E-state index contributed by atoms with van der Waals surface area (Å²) in [5, 5.41) is 13.4. The minimum Gasteiger partial charge on any atom is -0.489 e. The topological polar surface area (TPSA) is 98.5 Å². The van der Waals surface area contributed by atoms with E-state index >= 15 is 0 Å². The maximum atomic E-state index is 12.3. The predicted octanol–water partition coefficient (Wildman–Crippen LogP) is 3.45. The summed E-state index contributed by atoms with van der Waals surface area (Å²) in [7, 11) is 0. The van der Waals surface area contributed by atoms with Crippen molar-refractivity contribution in [2.45, 2.75) is 20.0 Å². The smallest absolute Gasteiger partial charge is 0.270 e. The predicted molar refractivity (Wildman–Crippen MR) is 88.6 cm³/mol. The van der Waals surface area contributed by atoms with E-state index in [0.29, 0.717) is 23.3 Å². The molecule has 124 valence electrons. The van der Waals surface area contributed by atoms with E-state index in [1.165, 1.54) is 30.3 Å². The van der Waals surface area contributed by atoms with Crippen LogP contribution in [0, 0.1) is 10.1 Å². The second-order valence-corrected chi connectivity index (χ2v) is 5.30. The van der Waals surface area contributed by atoms with Gasteiger partial charge in [-0.05, 0) is 38.1 Å². The lowest BCUT2D eigenvalue weighted by Crippen LogP contribution is -2.15. The number of hydrogen-bond donors (Lipinski definition) is 1. The van der Waals surface area contributed by atoms with Crippen molar-refractivity contribution >= 4 is 23.6 Å². The first-order chi connectivity index (χ1) is 11.4. The van der Waals surface area contributed by atoms with E-state index < -0.39 is 10.8 Å². The van der Waals surface area contributed by atoms with Crippen LogP contribution in [-0.2, 0) is 0 Å². The average molecular weight is 328 g/mol. The lowest BCUT2D eigenvalue weighted by molar-refractivity contribution is -0.384. The SMILES string of the molecule is CC(C)Oc1ccc(C=O)cc1NC(=O)c1cccc([N+](=O)[O-])c1. The third-order valence-corrected chi connectivity index (χ3v) is 3.07. The number of hydrogen-bond acceptors (Lipinski definition) is 5. The summed E-state index contributed by atoms with van der Waals surface area (Å²) in [6.45, 7) is 3.67. The Bertz CT molecular complexity index is 786. The van der Waals surface area contributed by atoms with E-state index in [2.05, 4.69) is 5.32 Å². The van der Waals surface area contributed by atoms with Gasteiger partial charge in [-0.2, -0.15) is 0 Å². The first kappa shape index (κ1) is 17.1. The molecule has 0 aliphatic heterocycles. The minimum atomic E-state index is -0.572. The van der Waals surface area contributed by atoms with Gasteiger partial charge in [0, 0.05) is 23.3 Å². The second-order valence-electron chi connectivity index (χ2n) is 5.30. The number of ether oxygens (including phenoxy) is 1. The van der Waals surface area contributed by atoms with Crippen LogP contribution in [0.2, 0.25) is 0 Å². The molecule has 2 aromatic carbocycles. The third kappa shape index (κ3) is 4.16. The third-order valence-electron chi connectivity index (χ3n) is 3.07. The molecule has 0 aliphatic rings. The molecule has 0 aliphatic carbocycles. The molecular weight excluding hydrogens is 312 g/mol. The van der Waals surface area contributed by atoms with Gasteiger partial charge < -0.3 is 10.1 Å². The van der Waals surface area contributed by atoms with Gasteiger partial charge in [-0.3, -0.25) is 19.7 Å². The van der Waals surface area contributed by atoms with Crippen LogP contribution < -0.4 is 10.1 Å². The van der Waals surface area contributed by atoms with E-state index in [0.717, 1.165) is 0 Å². The Labute approximate surface area is 138 Å². The number of nitro groups is 1. The molecule has 2 aromatic rings. The monoisotopic (exact) mass is 328 g/mol. The normalized spacial score (nSPS) is 10.3. The van der Waals surface area contributed by atoms with E-state index in [9.17, 15) is 19.7 Å². The Morgan fingerprint density at radius 2 is 2.00 bits per heavy atom. The number of nitro benzene ring substituents is 1. The summed E-state index contributed by atoms with van der Waals surface area (Å²) in [5.41, 5.74) is 0.657. The largest absolute Gasteiger partial charge is 0.489 e. The molecule has 24 heavy (non-hydrogen) atoms. The van der Waals surface area contributed by atoms with Crippen molar-refractivity contribution in [1.29, 1.82) is 0 Å². The lowest BCUT2D eigenvalue weighted by atomic mass is 10.1. The summed E-state index contributed by atoms with van der Waals surface area (Å²) in [6, 6.07) is 10.0. The fraction of sp³-hybridized carbons (Fsp3) is 0.176. The molecule has 7 heteroatoms. The number of rotatable bonds is 6. The van der Waals surface area contributed by atoms with Gasteiger partial charge in [-0.1, -0.05) is 6.07 Å². The molecule has 0 radical (unpaired) electrons. The van der Waals surface area contributed by atoms with Gasteiger partial charge in [0.1, 0.15) is 12.0 Å². The fourth-order valence-corrected chi connectivity index (χ4v) is 2.03. The van der Waals surface area contributed by atoms with Crippen LogP contribution in [0.4, 0.5) is 11.4 Å². The Hall–Kier alpha value is -3.22. The molecule has 0 aromatic heterocycles. The number of non-ortho nitro benzene ring substituents is 1. The van der Waals surface area contributed by atoms with E-state index in [1.807, 2.05) is 13.8 Å². The van der Waals surface area contributed by atoms with Crippen molar-refractivity contribution in [3.63, 3.8) is 0 Å². The number of carbonyl (C=O) groups is 2. The summed E-state index contributed by atoms with van der Waals surface area (Å²) >= 11 is 0. The molecule has 0 fully saturated rings. The molecular formula is C17H16N2O5. The van der Waals surface area contributed by atoms with Gasteiger partial charge in [0.15, 0.2) is 0 Å². The summed E-state index contributed by atoms with van der Waals surface area (Å²) < 4.78 is 5.60. The number of aldehydes is 1. The van der Waals surface area contributed by atoms with Crippen molar-refractivity contribution in [2.75, 3.05) is 5.32 Å². The van der Waals surface area contributed by atoms with Crippen LogP contribution in [0.25, 0.3) is 0 Å². The molecule has 0 spiro atoms. The molecule has 0 heterocycles. The van der Waals surface area contributed by atoms with Crippen LogP contribution in [-0.4, -0.2) is 23.2 Å². The molecule has 0 bridgehead atoms. The zero-order chi connectivity index (χ0) is 17.7. The van der Waals surface area contributed by atoms with Crippen LogP contribution >= 0.6 is 0 Å². The highest BCUT2D eigenvalue weighted by molar-refractivity contribution is 6.05. The highest BCUT2D eigenvalue weighted by atomic mass is 16.6. The highest BCUT2D eigenvalue weighted by Crippen LogP contribution is 2.27. The van der Waals surface area contributed by atoms with Crippen LogP contribution in [0.3, 0.4) is 0 Å². The molecule has 7 nitrogen and oxygen atoms in total. The van der Waals surface area contributed by atoms with Gasteiger partial charge in [-0.25, -0.2) is 0 Å². The number of nitrogens with one attached hydrogen (secondary N) is 1. The first-order valence-corrected chi connectivity index (χ1v) is 7.22. The standard InChI is InChI=1S/C17H16N2O5/c1-11(2)24-16-7-6-12(10-20)8-15(16)18-17(21)13-4-3-5-14(9-13)19(22)23/h3-11H,1-2H3,(H,18,21). The number of benzene rings is 2. The molecule has 0 saturated carbocycles. The zero-order valence-electron chi connectivity index (χ0n) is 13.2. The van der Waals surface area contributed by atoms with Crippen LogP contribution in [0.15, 0.2) is 42.5 Å². The minimum absolute atomic E-state index is 0.124. The zero-order valence-corrected chi connectivity index (χ0v) is 13.2. The Balaban J connectivity index is 2.31. The maximum absolute atomic E-state index is 12.3. The quantitative estimate of drug-likeness (QED) is 0.497. The maximum Gasteiger partial charge on any atom is 0.270 e. The molecule has 0 atom stereocenters.